The summed E-state index contributed by atoms with van der Waals surface area (Å²) in [5.41, 5.74) is 0.997. The number of halogens is 1. The van der Waals surface area contributed by atoms with Crippen molar-refractivity contribution in [2.45, 2.75) is 13.0 Å². The molecule has 4 nitrogen and oxygen atoms in total. The largest absolute Gasteiger partial charge is 0.492 e. The first kappa shape index (κ1) is 16.2. The first-order chi connectivity index (χ1) is 10.1. The Morgan fingerprint density at radius 3 is 2.67 bits per heavy atom. The van der Waals surface area contributed by atoms with Gasteiger partial charge >= 0.3 is 0 Å². The molecule has 1 aromatic rings. The second-order valence-electron chi connectivity index (χ2n) is 5.69. The molecule has 0 aliphatic carbocycles. The predicted octanol–water partition coefficient (Wildman–Crippen LogP) is 1.73. The fraction of sp³-hybridized carbons (Fsp3) is 0.625. The van der Waals surface area contributed by atoms with Crippen LogP contribution in [0.4, 0.5) is 4.39 Å². The predicted molar refractivity (Wildman–Crippen MR) is 83.3 cm³/mol. The topological polar surface area (TPSA) is 27.7 Å². The van der Waals surface area contributed by atoms with Crippen molar-refractivity contribution in [2.75, 3.05) is 53.4 Å². The lowest BCUT2D eigenvalue weighted by Crippen LogP contribution is -2.45. The smallest absolute Gasteiger partial charge is 0.127 e. The van der Waals surface area contributed by atoms with Crippen molar-refractivity contribution in [1.29, 1.82) is 0 Å². The fourth-order valence-electron chi connectivity index (χ4n) is 2.50. The second-order valence-corrected chi connectivity index (χ2v) is 5.69. The summed E-state index contributed by atoms with van der Waals surface area (Å²) in [5, 5.41) is 3.17. The highest BCUT2D eigenvalue weighted by molar-refractivity contribution is 5.36. The molecule has 0 bridgehead atoms. The summed E-state index contributed by atoms with van der Waals surface area (Å²) < 4.78 is 19.3. The monoisotopic (exact) mass is 295 g/mol. The standard InChI is InChI=1S/C16H26FN3O/c1-13(18-2)15-5-4-14(17)12-16(15)21-11-10-20-8-6-19(3)7-9-20/h4-5,12-13,18H,6-11H2,1-3H3. The lowest BCUT2D eigenvalue weighted by molar-refractivity contribution is 0.133. The van der Waals surface area contributed by atoms with Crippen molar-refractivity contribution in [3.8, 4) is 5.75 Å². The number of ether oxygens (including phenoxy) is 1. The SMILES string of the molecule is CNC(C)c1ccc(F)cc1OCCN1CCN(C)CC1. The molecule has 0 amide bonds. The van der Waals surface area contributed by atoms with E-state index in [-0.39, 0.29) is 11.9 Å². The minimum atomic E-state index is -0.253. The molecule has 1 fully saturated rings. The summed E-state index contributed by atoms with van der Waals surface area (Å²) in [6, 6.07) is 4.90. The van der Waals surface area contributed by atoms with E-state index in [1.807, 2.05) is 14.0 Å². The van der Waals surface area contributed by atoms with E-state index in [0.717, 1.165) is 38.3 Å². The van der Waals surface area contributed by atoms with Gasteiger partial charge in [-0.1, -0.05) is 6.07 Å². The van der Waals surface area contributed by atoms with Gasteiger partial charge in [0.05, 0.1) is 0 Å². The Kier molecular flexibility index (Phi) is 5.96. The van der Waals surface area contributed by atoms with Crippen molar-refractivity contribution < 1.29 is 9.13 Å². The first-order valence-corrected chi connectivity index (χ1v) is 7.60. The third kappa shape index (κ3) is 4.66. The zero-order chi connectivity index (χ0) is 15.2. The number of piperazine rings is 1. The highest BCUT2D eigenvalue weighted by atomic mass is 19.1. The van der Waals surface area contributed by atoms with Crippen molar-refractivity contribution in [3.63, 3.8) is 0 Å². The zero-order valence-corrected chi connectivity index (χ0v) is 13.2. The van der Waals surface area contributed by atoms with Crippen LogP contribution in [0.3, 0.4) is 0 Å². The Hall–Kier alpha value is -1.17. The lowest BCUT2D eigenvalue weighted by atomic mass is 10.1. The molecule has 1 N–H and O–H groups in total. The van der Waals surface area contributed by atoms with Crippen LogP contribution in [0.25, 0.3) is 0 Å². The van der Waals surface area contributed by atoms with Crippen LogP contribution in [0.5, 0.6) is 5.75 Å². The molecule has 0 aromatic heterocycles. The van der Waals surface area contributed by atoms with Crippen LogP contribution in [-0.4, -0.2) is 63.2 Å². The van der Waals surface area contributed by atoms with Crippen LogP contribution < -0.4 is 10.1 Å². The Morgan fingerprint density at radius 2 is 2.00 bits per heavy atom. The van der Waals surface area contributed by atoms with E-state index in [9.17, 15) is 4.39 Å². The maximum atomic E-state index is 13.4. The van der Waals surface area contributed by atoms with E-state index >= 15 is 0 Å². The summed E-state index contributed by atoms with van der Waals surface area (Å²) in [7, 11) is 4.04. The summed E-state index contributed by atoms with van der Waals surface area (Å²) >= 11 is 0. The third-order valence-electron chi connectivity index (χ3n) is 4.14. The first-order valence-electron chi connectivity index (χ1n) is 7.60. The van der Waals surface area contributed by atoms with Gasteiger partial charge in [-0.15, -0.1) is 0 Å². The number of hydrogen-bond donors (Lipinski definition) is 1. The van der Waals surface area contributed by atoms with Gasteiger partial charge in [-0.3, -0.25) is 4.90 Å². The molecule has 1 unspecified atom stereocenters. The maximum Gasteiger partial charge on any atom is 0.127 e. The van der Waals surface area contributed by atoms with Gasteiger partial charge in [-0.05, 0) is 27.1 Å². The molecule has 1 aliphatic heterocycles. The molecule has 1 aromatic carbocycles. The summed E-state index contributed by atoms with van der Waals surface area (Å²) in [6.07, 6.45) is 0. The Bertz CT molecular complexity index is 447. The molecule has 1 atom stereocenters. The van der Waals surface area contributed by atoms with Crippen LogP contribution in [0.1, 0.15) is 18.5 Å². The Labute approximate surface area is 126 Å². The number of benzene rings is 1. The molecule has 0 spiro atoms. The van der Waals surface area contributed by atoms with Crippen molar-refractivity contribution in [1.82, 2.24) is 15.1 Å². The van der Waals surface area contributed by atoms with E-state index in [4.69, 9.17) is 4.74 Å². The summed E-state index contributed by atoms with van der Waals surface area (Å²) in [5.74, 6) is 0.391. The minimum Gasteiger partial charge on any atom is -0.492 e. The number of nitrogens with zero attached hydrogens (tertiary/aromatic N) is 2. The molecule has 0 saturated carbocycles. The number of nitrogens with one attached hydrogen (secondary N) is 1. The third-order valence-corrected chi connectivity index (χ3v) is 4.14. The number of likely N-dealkylation sites (N-methyl/N-ethyl adjacent to an activating group) is 1. The molecular weight excluding hydrogens is 269 g/mol. The zero-order valence-electron chi connectivity index (χ0n) is 13.2. The second kappa shape index (κ2) is 7.73. The molecule has 1 heterocycles. The van der Waals surface area contributed by atoms with Gasteiger partial charge < -0.3 is 15.0 Å². The Balaban J connectivity index is 1.88. The normalized spacial score (nSPS) is 18.7. The molecule has 1 saturated heterocycles. The van der Waals surface area contributed by atoms with Crippen LogP contribution in [0, 0.1) is 5.82 Å². The van der Waals surface area contributed by atoms with Crippen LogP contribution in [0.15, 0.2) is 18.2 Å². The van der Waals surface area contributed by atoms with Gasteiger partial charge in [0.15, 0.2) is 0 Å². The molecule has 118 valence electrons. The van der Waals surface area contributed by atoms with Crippen LogP contribution in [0.2, 0.25) is 0 Å². The molecule has 21 heavy (non-hydrogen) atoms. The fourth-order valence-corrected chi connectivity index (χ4v) is 2.50. The van der Waals surface area contributed by atoms with E-state index in [0.29, 0.717) is 12.4 Å². The van der Waals surface area contributed by atoms with Crippen LogP contribution >= 0.6 is 0 Å². The minimum absolute atomic E-state index is 0.143. The van der Waals surface area contributed by atoms with Gasteiger partial charge in [-0.2, -0.15) is 0 Å². The maximum absolute atomic E-state index is 13.4. The number of rotatable bonds is 6. The van der Waals surface area contributed by atoms with Gasteiger partial charge in [0.2, 0.25) is 0 Å². The summed E-state index contributed by atoms with van der Waals surface area (Å²) in [4.78, 5) is 4.72. The number of hydrogen-bond acceptors (Lipinski definition) is 4. The molecule has 5 heteroatoms. The van der Waals surface area contributed by atoms with Crippen molar-refractivity contribution in [3.05, 3.63) is 29.6 Å². The van der Waals surface area contributed by atoms with Gasteiger partial charge in [-0.25, -0.2) is 4.39 Å². The average molecular weight is 295 g/mol. The van der Waals surface area contributed by atoms with E-state index in [2.05, 4.69) is 22.2 Å². The summed E-state index contributed by atoms with van der Waals surface area (Å²) in [6.45, 7) is 7.87. The lowest BCUT2D eigenvalue weighted by Gasteiger charge is -2.32. The van der Waals surface area contributed by atoms with Gasteiger partial charge in [0, 0.05) is 50.4 Å². The Morgan fingerprint density at radius 1 is 1.29 bits per heavy atom. The molecule has 1 aliphatic rings. The highest BCUT2D eigenvalue weighted by Crippen LogP contribution is 2.25. The van der Waals surface area contributed by atoms with Gasteiger partial charge in [0.25, 0.3) is 0 Å². The average Bonchev–Trinajstić information content (AvgIpc) is 2.49. The van der Waals surface area contributed by atoms with Crippen molar-refractivity contribution in [2.24, 2.45) is 0 Å². The quantitative estimate of drug-likeness (QED) is 0.865. The van der Waals surface area contributed by atoms with E-state index in [1.54, 1.807) is 6.07 Å². The van der Waals surface area contributed by atoms with Gasteiger partial charge in [0.1, 0.15) is 18.2 Å². The highest BCUT2D eigenvalue weighted by Gasteiger charge is 2.15. The van der Waals surface area contributed by atoms with E-state index < -0.39 is 0 Å². The van der Waals surface area contributed by atoms with E-state index in [1.165, 1.54) is 12.1 Å². The van der Waals surface area contributed by atoms with Crippen LogP contribution in [-0.2, 0) is 0 Å². The molecule has 2 rings (SSSR count). The van der Waals surface area contributed by atoms with Crippen molar-refractivity contribution >= 4 is 0 Å². The molecule has 0 radical (unpaired) electrons. The molecular formula is C16H26FN3O.